The van der Waals surface area contributed by atoms with Crippen LogP contribution >= 0.6 is 0 Å². The predicted octanol–water partition coefficient (Wildman–Crippen LogP) is 4.87. The summed E-state index contributed by atoms with van der Waals surface area (Å²) in [6, 6.07) is 5.94. The van der Waals surface area contributed by atoms with Gasteiger partial charge in [-0.05, 0) is 58.1 Å². The maximum absolute atomic E-state index is 14.6. The van der Waals surface area contributed by atoms with Gasteiger partial charge in [0.1, 0.15) is 5.60 Å². The molecule has 1 fully saturated rings. The summed E-state index contributed by atoms with van der Waals surface area (Å²) in [5.41, 5.74) is 0.332. The monoisotopic (exact) mass is 510 g/mol. The van der Waals surface area contributed by atoms with Gasteiger partial charge in [-0.25, -0.2) is 13.4 Å². The molecule has 6 atom stereocenters. The molecule has 0 bridgehead atoms. The summed E-state index contributed by atoms with van der Waals surface area (Å²) in [5, 5.41) is 21.2. The molecule has 8 heteroatoms. The largest absolute Gasteiger partial charge is 0.444 e. The van der Waals surface area contributed by atoms with Crippen molar-refractivity contribution in [3.8, 4) is 0 Å². The van der Waals surface area contributed by atoms with Crippen molar-refractivity contribution < 1.29 is 24.0 Å². The number of carbonyl (C=O) groups excluding carboxylic acids is 1. The van der Waals surface area contributed by atoms with E-state index in [9.17, 15) is 19.2 Å². The number of aryl methyl sites for hydroxylation is 1. The lowest BCUT2D eigenvalue weighted by atomic mass is 9.94. The van der Waals surface area contributed by atoms with Crippen LogP contribution in [0.5, 0.6) is 0 Å². The zero-order valence-electron chi connectivity index (χ0n) is 22.9. The van der Waals surface area contributed by atoms with Crippen molar-refractivity contribution in [3.05, 3.63) is 29.8 Å². The molecule has 1 heterocycles. The minimum atomic E-state index is -3.04. The van der Waals surface area contributed by atoms with Crippen molar-refractivity contribution in [1.29, 1.82) is 0 Å². The fourth-order valence-electron chi connectivity index (χ4n) is 4.56. The van der Waals surface area contributed by atoms with Crippen molar-refractivity contribution in [2.24, 2.45) is 22.1 Å². The molecule has 2 N–H and O–H groups in total. The fourth-order valence-corrected chi connectivity index (χ4v) is 7.20. The highest BCUT2D eigenvalue weighted by Gasteiger charge is 2.50. The molecule has 1 aliphatic heterocycles. The van der Waals surface area contributed by atoms with Crippen LogP contribution in [-0.2, 0) is 14.5 Å². The molecule has 1 aromatic carbocycles. The summed E-state index contributed by atoms with van der Waals surface area (Å²) in [6.07, 6.45) is -0.671. The molecule has 0 aliphatic carbocycles. The molecule has 1 aromatic rings. The number of aliphatic hydroxyl groups excluding tert-OH is 2. The molecule has 200 valence electrons. The third-order valence-electron chi connectivity index (χ3n) is 6.62. The predicted molar refractivity (Wildman–Crippen MR) is 141 cm³/mol. The number of carbonyl (C=O) groups is 1. The summed E-state index contributed by atoms with van der Waals surface area (Å²) in [7, 11) is -3.04. The summed E-state index contributed by atoms with van der Waals surface area (Å²) >= 11 is 0. The number of nitrogens with zero attached hydrogens (tertiary/aromatic N) is 2. The summed E-state index contributed by atoms with van der Waals surface area (Å²) in [4.78, 5) is 15.6. The van der Waals surface area contributed by atoms with Gasteiger partial charge >= 0.3 is 6.09 Å². The van der Waals surface area contributed by atoms with Gasteiger partial charge in [0.15, 0.2) is 0 Å². The maximum Gasteiger partial charge on any atom is 0.410 e. The first-order chi connectivity index (χ1) is 16.1. The Hall–Kier alpha value is -1.64. The van der Waals surface area contributed by atoms with E-state index in [4.69, 9.17) is 9.10 Å². The Labute approximate surface area is 212 Å². The normalized spacial score (nSPS) is 25.6. The first-order valence-corrected chi connectivity index (χ1v) is 14.4. The second kappa shape index (κ2) is 11.6. The highest BCUT2D eigenvalue weighted by atomic mass is 32.2. The van der Waals surface area contributed by atoms with Crippen LogP contribution in [0.3, 0.4) is 0 Å². The molecule has 7 nitrogen and oxygen atoms in total. The Morgan fingerprint density at radius 3 is 2.17 bits per heavy atom. The zero-order chi connectivity index (χ0) is 26.7. The molecule has 0 saturated carbocycles. The Bertz CT molecular complexity index is 961. The van der Waals surface area contributed by atoms with Crippen LogP contribution in [0.4, 0.5) is 4.79 Å². The first-order valence-electron chi connectivity index (χ1n) is 12.7. The van der Waals surface area contributed by atoms with Crippen LogP contribution < -0.4 is 0 Å². The standard InChI is InChI=1S/C27H46N2O5S/c1-17(2)14-23-25(31)20(6)24(29(23)26(32)34-27(7,8)9)16-35(33,28-22(15-30)18(3)4)21-12-10-19(5)11-13-21/h10-13,17-18,20,22-25,30-31H,14-16H2,1-9H3/t20-,22-,23-,24+,25-,35+/m0/s1. The average Bonchev–Trinajstić information content (AvgIpc) is 2.95. The van der Waals surface area contributed by atoms with Gasteiger partial charge in [-0.2, -0.15) is 0 Å². The van der Waals surface area contributed by atoms with E-state index in [2.05, 4.69) is 13.8 Å². The summed E-state index contributed by atoms with van der Waals surface area (Å²) < 4.78 is 25.1. The lowest BCUT2D eigenvalue weighted by molar-refractivity contribution is 0.00747. The smallest absolute Gasteiger partial charge is 0.410 e. The third-order valence-corrected chi connectivity index (χ3v) is 9.03. The van der Waals surface area contributed by atoms with Crippen LogP contribution in [0.15, 0.2) is 33.5 Å². The number of ether oxygens (including phenoxy) is 1. The SMILES string of the molecule is Cc1ccc([S@](=O)(C[C@@H]2[C@H](C)[C@H](O)[C@H](CC(C)C)N2C(=O)OC(C)(C)C)=N[C@@H](CO)C(C)C)cc1. The fraction of sp³-hybridized carbons (Fsp3) is 0.741. The number of aliphatic hydroxyl groups is 2. The van der Waals surface area contributed by atoms with Gasteiger partial charge in [0.2, 0.25) is 0 Å². The molecule has 1 saturated heterocycles. The van der Waals surface area contributed by atoms with E-state index >= 15 is 0 Å². The topological polar surface area (TPSA) is 99.4 Å². The van der Waals surface area contributed by atoms with Crippen LogP contribution in [-0.4, -0.2) is 67.6 Å². The highest BCUT2D eigenvalue weighted by molar-refractivity contribution is 7.93. The van der Waals surface area contributed by atoms with Crippen molar-refractivity contribution in [2.45, 2.75) is 103 Å². The third kappa shape index (κ3) is 7.43. The Morgan fingerprint density at radius 2 is 1.71 bits per heavy atom. The van der Waals surface area contributed by atoms with E-state index in [0.717, 1.165) is 5.56 Å². The van der Waals surface area contributed by atoms with E-state index < -0.39 is 45.7 Å². The minimum Gasteiger partial charge on any atom is -0.444 e. The van der Waals surface area contributed by atoms with E-state index in [-0.39, 0.29) is 30.1 Å². The van der Waals surface area contributed by atoms with E-state index in [0.29, 0.717) is 11.3 Å². The molecule has 1 aliphatic rings. The molecule has 0 radical (unpaired) electrons. The van der Waals surface area contributed by atoms with Crippen molar-refractivity contribution >= 4 is 15.8 Å². The second-order valence-electron chi connectivity index (χ2n) is 11.7. The molecular weight excluding hydrogens is 464 g/mol. The van der Waals surface area contributed by atoms with Crippen molar-refractivity contribution in [2.75, 3.05) is 12.4 Å². The van der Waals surface area contributed by atoms with E-state index in [1.54, 1.807) is 4.90 Å². The Kier molecular flexibility index (Phi) is 9.81. The quantitative estimate of drug-likeness (QED) is 0.520. The first kappa shape index (κ1) is 29.6. The molecule has 0 spiro atoms. The zero-order valence-corrected chi connectivity index (χ0v) is 23.7. The van der Waals surface area contributed by atoms with Crippen LogP contribution in [0.25, 0.3) is 0 Å². The summed E-state index contributed by atoms with van der Waals surface area (Å²) in [6.45, 7) is 17.1. The molecular formula is C27H46N2O5S. The number of benzene rings is 1. The van der Waals surface area contributed by atoms with Gasteiger partial charge < -0.3 is 14.9 Å². The Morgan fingerprint density at radius 1 is 1.14 bits per heavy atom. The molecule has 2 rings (SSSR count). The molecule has 0 unspecified atom stereocenters. The van der Waals surface area contributed by atoms with Gasteiger partial charge in [-0.3, -0.25) is 4.90 Å². The van der Waals surface area contributed by atoms with Gasteiger partial charge in [0.25, 0.3) is 0 Å². The number of hydrogen-bond acceptors (Lipinski definition) is 6. The van der Waals surface area contributed by atoms with Gasteiger partial charge in [-0.1, -0.05) is 52.3 Å². The van der Waals surface area contributed by atoms with Crippen LogP contribution in [0, 0.1) is 24.7 Å². The van der Waals surface area contributed by atoms with E-state index in [1.807, 2.05) is 72.7 Å². The van der Waals surface area contributed by atoms with Gasteiger partial charge in [0.05, 0.1) is 46.3 Å². The maximum atomic E-state index is 14.6. The van der Waals surface area contributed by atoms with Crippen LogP contribution in [0.2, 0.25) is 0 Å². The van der Waals surface area contributed by atoms with Crippen molar-refractivity contribution in [3.63, 3.8) is 0 Å². The summed E-state index contributed by atoms with van der Waals surface area (Å²) in [5.74, 6) is -0.0185. The molecule has 35 heavy (non-hydrogen) atoms. The highest BCUT2D eigenvalue weighted by Crippen LogP contribution is 2.37. The number of rotatable bonds is 8. The Balaban J connectivity index is 2.63. The second-order valence-corrected chi connectivity index (χ2v) is 14.0. The lowest BCUT2D eigenvalue weighted by Crippen LogP contribution is -2.48. The van der Waals surface area contributed by atoms with Gasteiger partial charge in [-0.15, -0.1) is 0 Å². The number of hydrogen-bond donors (Lipinski definition) is 2. The average molecular weight is 511 g/mol. The number of amides is 1. The lowest BCUT2D eigenvalue weighted by Gasteiger charge is -2.34. The number of likely N-dealkylation sites (tertiary alicyclic amines) is 1. The molecule has 1 amide bonds. The van der Waals surface area contributed by atoms with Crippen molar-refractivity contribution in [1.82, 2.24) is 4.90 Å². The van der Waals surface area contributed by atoms with Crippen LogP contribution in [0.1, 0.15) is 67.4 Å². The molecule has 0 aromatic heterocycles. The van der Waals surface area contributed by atoms with Gasteiger partial charge in [0, 0.05) is 10.8 Å². The minimum absolute atomic E-state index is 0.00601. The van der Waals surface area contributed by atoms with E-state index in [1.165, 1.54) is 0 Å².